The minimum Gasteiger partial charge on any atom is -0.299 e. The van der Waals surface area contributed by atoms with Crippen molar-refractivity contribution in [2.45, 2.75) is 32.1 Å². The lowest BCUT2D eigenvalue weighted by Gasteiger charge is -2.32. The van der Waals surface area contributed by atoms with Gasteiger partial charge < -0.3 is 0 Å². The highest BCUT2D eigenvalue weighted by molar-refractivity contribution is 7.88. The molecule has 1 aromatic heterocycles. The van der Waals surface area contributed by atoms with Gasteiger partial charge >= 0.3 is 0 Å². The van der Waals surface area contributed by atoms with Crippen LogP contribution in [0.1, 0.15) is 29.5 Å². The first-order valence-electron chi connectivity index (χ1n) is 9.14. The minimum absolute atomic E-state index is 0.0512. The second-order valence-corrected chi connectivity index (χ2v) is 8.98. The quantitative estimate of drug-likeness (QED) is 0.811. The highest BCUT2D eigenvalue weighted by Crippen LogP contribution is 2.19. The van der Waals surface area contributed by atoms with E-state index in [-0.39, 0.29) is 5.75 Å². The summed E-state index contributed by atoms with van der Waals surface area (Å²) in [5.74, 6) is 0.464. The van der Waals surface area contributed by atoms with Crippen molar-refractivity contribution >= 4 is 10.0 Å². The lowest BCUT2D eigenvalue weighted by atomic mass is 9.97. The van der Waals surface area contributed by atoms with Crippen molar-refractivity contribution < 1.29 is 8.42 Å². The van der Waals surface area contributed by atoms with Crippen LogP contribution in [0.5, 0.6) is 0 Å². The Labute approximate surface area is 156 Å². The monoisotopic (exact) mass is 373 g/mol. The van der Waals surface area contributed by atoms with Gasteiger partial charge in [0.2, 0.25) is 10.0 Å². The van der Waals surface area contributed by atoms with E-state index in [2.05, 4.69) is 14.6 Å². The summed E-state index contributed by atoms with van der Waals surface area (Å²) in [7, 11) is -3.28. The first-order chi connectivity index (χ1) is 12.5. The Morgan fingerprint density at radius 2 is 1.85 bits per heavy atom. The fourth-order valence-electron chi connectivity index (χ4n) is 3.41. The highest BCUT2D eigenvalue weighted by Gasteiger charge is 2.21. The molecule has 1 aromatic carbocycles. The standard InChI is InChI=1S/C20H27N3O2S/c1-17-3-2-4-20(13-17)16-26(24,25)22-14-18-7-11-23(12-8-18)15-19-5-9-21-10-6-19/h2-6,9-10,13,18,22H,7-8,11-12,14-16H2,1H3. The minimum atomic E-state index is -3.28. The Balaban J connectivity index is 1.43. The van der Waals surface area contributed by atoms with Gasteiger partial charge in [-0.2, -0.15) is 0 Å². The van der Waals surface area contributed by atoms with Crippen molar-refractivity contribution in [2.24, 2.45) is 5.92 Å². The van der Waals surface area contributed by atoms with Gasteiger partial charge in [-0.25, -0.2) is 13.1 Å². The number of sulfonamides is 1. The number of aromatic nitrogens is 1. The summed E-state index contributed by atoms with van der Waals surface area (Å²) in [5, 5.41) is 0. The summed E-state index contributed by atoms with van der Waals surface area (Å²) in [5.41, 5.74) is 3.20. The van der Waals surface area contributed by atoms with Gasteiger partial charge in [0.25, 0.3) is 0 Å². The number of nitrogens with zero attached hydrogens (tertiary/aromatic N) is 2. The zero-order chi connectivity index (χ0) is 18.4. The Kier molecular flexibility index (Phi) is 6.40. The average molecular weight is 374 g/mol. The molecule has 0 spiro atoms. The van der Waals surface area contributed by atoms with E-state index >= 15 is 0 Å². The van der Waals surface area contributed by atoms with E-state index in [1.807, 2.05) is 55.7 Å². The summed E-state index contributed by atoms with van der Waals surface area (Å²) in [6.07, 6.45) is 5.70. The maximum Gasteiger partial charge on any atom is 0.215 e. The van der Waals surface area contributed by atoms with Gasteiger partial charge in [-0.3, -0.25) is 9.88 Å². The summed E-state index contributed by atoms with van der Waals surface area (Å²) in [6.45, 7) is 5.47. The van der Waals surface area contributed by atoms with E-state index < -0.39 is 10.0 Å². The zero-order valence-corrected chi connectivity index (χ0v) is 16.1. The van der Waals surface area contributed by atoms with E-state index in [1.54, 1.807) is 0 Å². The Morgan fingerprint density at radius 3 is 2.54 bits per heavy atom. The molecular formula is C20H27N3O2S. The summed E-state index contributed by atoms with van der Waals surface area (Å²) >= 11 is 0. The van der Waals surface area contributed by atoms with Gasteiger partial charge in [-0.05, 0) is 62.0 Å². The smallest absolute Gasteiger partial charge is 0.215 e. The first-order valence-corrected chi connectivity index (χ1v) is 10.8. The van der Waals surface area contributed by atoms with E-state index in [1.165, 1.54) is 5.56 Å². The molecule has 1 saturated heterocycles. The van der Waals surface area contributed by atoms with Crippen LogP contribution in [-0.2, 0) is 22.3 Å². The van der Waals surface area contributed by atoms with Gasteiger partial charge in [0.1, 0.15) is 0 Å². The van der Waals surface area contributed by atoms with Crippen molar-refractivity contribution in [3.05, 3.63) is 65.5 Å². The molecule has 0 unspecified atom stereocenters. The largest absolute Gasteiger partial charge is 0.299 e. The molecule has 26 heavy (non-hydrogen) atoms. The molecule has 1 fully saturated rings. The van der Waals surface area contributed by atoms with E-state index in [0.717, 1.165) is 43.6 Å². The average Bonchev–Trinajstić information content (AvgIpc) is 2.62. The predicted octanol–water partition coefficient (Wildman–Crippen LogP) is 2.72. The number of hydrogen-bond acceptors (Lipinski definition) is 4. The van der Waals surface area contributed by atoms with E-state index in [4.69, 9.17) is 0 Å². The summed E-state index contributed by atoms with van der Waals surface area (Å²) < 4.78 is 27.5. The van der Waals surface area contributed by atoms with Crippen LogP contribution < -0.4 is 4.72 Å². The lowest BCUT2D eigenvalue weighted by Crippen LogP contribution is -2.38. The molecule has 1 aliphatic heterocycles. The van der Waals surface area contributed by atoms with Crippen molar-refractivity contribution in [2.75, 3.05) is 19.6 Å². The molecule has 0 atom stereocenters. The molecule has 0 saturated carbocycles. The molecule has 5 nitrogen and oxygen atoms in total. The highest BCUT2D eigenvalue weighted by atomic mass is 32.2. The molecule has 3 rings (SSSR count). The lowest BCUT2D eigenvalue weighted by molar-refractivity contribution is 0.178. The van der Waals surface area contributed by atoms with Crippen LogP contribution in [0, 0.1) is 12.8 Å². The maximum absolute atomic E-state index is 12.3. The van der Waals surface area contributed by atoms with Crippen LogP contribution in [0.4, 0.5) is 0 Å². The molecule has 0 amide bonds. The summed E-state index contributed by atoms with van der Waals surface area (Å²) in [6, 6.07) is 11.8. The number of piperidine rings is 1. The SMILES string of the molecule is Cc1cccc(CS(=O)(=O)NCC2CCN(Cc3ccncc3)CC2)c1. The van der Waals surface area contributed by atoms with Crippen molar-refractivity contribution in [1.29, 1.82) is 0 Å². The Hall–Kier alpha value is -1.76. The van der Waals surface area contributed by atoms with Crippen LogP contribution in [0.3, 0.4) is 0 Å². The molecular weight excluding hydrogens is 346 g/mol. The first kappa shape index (κ1) is 19.0. The number of likely N-dealkylation sites (tertiary alicyclic amines) is 1. The van der Waals surface area contributed by atoms with Gasteiger partial charge in [0.05, 0.1) is 5.75 Å². The van der Waals surface area contributed by atoms with Crippen LogP contribution in [-0.4, -0.2) is 37.9 Å². The van der Waals surface area contributed by atoms with Gasteiger partial charge in [0, 0.05) is 25.5 Å². The van der Waals surface area contributed by atoms with Crippen molar-refractivity contribution in [3.8, 4) is 0 Å². The third kappa shape index (κ3) is 5.90. The van der Waals surface area contributed by atoms with Crippen molar-refractivity contribution in [1.82, 2.24) is 14.6 Å². The number of hydrogen-bond donors (Lipinski definition) is 1. The zero-order valence-electron chi connectivity index (χ0n) is 15.3. The molecule has 1 aliphatic rings. The summed E-state index contributed by atoms with van der Waals surface area (Å²) in [4.78, 5) is 6.47. The van der Waals surface area contributed by atoms with Crippen LogP contribution in [0.2, 0.25) is 0 Å². The molecule has 0 radical (unpaired) electrons. The molecule has 2 heterocycles. The Bertz CT molecular complexity index is 801. The molecule has 0 bridgehead atoms. The van der Waals surface area contributed by atoms with E-state index in [9.17, 15) is 8.42 Å². The Morgan fingerprint density at radius 1 is 1.12 bits per heavy atom. The fourth-order valence-corrected chi connectivity index (χ4v) is 4.62. The van der Waals surface area contributed by atoms with Crippen LogP contribution in [0.15, 0.2) is 48.8 Å². The molecule has 0 aliphatic carbocycles. The molecule has 2 aromatic rings. The topological polar surface area (TPSA) is 62.3 Å². The van der Waals surface area contributed by atoms with Gasteiger partial charge in [-0.15, -0.1) is 0 Å². The number of nitrogens with one attached hydrogen (secondary N) is 1. The fraction of sp³-hybridized carbons (Fsp3) is 0.450. The molecule has 6 heteroatoms. The predicted molar refractivity (Wildman–Crippen MR) is 104 cm³/mol. The van der Waals surface area contributed by atoms with E-state index in [0.29, 0.717) is 12.5 Å². The van der Waals surface area contributed by atoms with Crippen LogP contribution in [0.25, 0.3) is 0 Å². The normalized spacial score (nSPS) is 16.7. The van der Waals surface area contributed by atoms with Crippen LogP contribution >= 0.6 is 0 Å². The van der Waals surface area contributed by atoms with Crippen molar-refractivity contribution in [3.63, 3.8) is 0 Å². The number of benzene rings is 1. The third-order valence-electron chi connectivity index (χ3n) is 4.89. The maximum atomic E-state index is 12.3. The number of rotatable bonds is 7. The van der Waals surface area contributed by atoms with Gasteiger partial charge in [0.15, 0.2) is 0 Å². The molecule has 140 valence electrons. The second kappa shape index (κ2) is 8.75. The third-order valence-corrected chi connectivity index (χ3v) is 6.21. The number of pyridine rings is 1. The number of aryl methyl sites for hydroxylation is 1. The molecule has 1 N–H and O–H groups in total. The second-order valence-electron chi connectivity index (χ2n) is 7.17. The van der Waals surface area contributed by atoms with Gasteiger partial charge in [-0.1, -0.05) is 29.8 Å².